The minimum absolute atomic E-state index is 0.168. The van der Waals surface area contributed by atoms with E-state index >= 15 is 0 Å². The highest BCUT2D eigenvalue weighted by atomic mass is 32.1. The highest BCUT2D eigenvalue weighted by Gasteiger charge is 2.32. The third-order valence-corrected chi connectivity index (χ3v) is 6.87. The van der Waals surface area contributed by atoms with Crippen LogP contribution < -0.4 is 4.90 Å². The molecule has 8 heteroatoms. The van der Waals surface area contributed by atoms with E-state index in [1.165, 1.54) is 24.0 Å². The molecule has 1 aliphatic carbocycles. The van der Waals surface area contributed by atoms with Crippen molar-refractivity contribution in [3.05, 3.63) is 53.2 Å². The Labute approximate surface area is 184 Å². The summed E-state index contributed by atoms with van der Waals surface area (Å²) in [6.07, 6.45) is 3.03. The maximum Gasteiger partial charge on any atom is 0.181 e. The molecule has 1 unspecified atom stereocenters. The number of anilines is 1. The molecule has 0 amide bonds. The Morgan fingerprint density at radius 3 is 2.77 bits per heavy atom. The molecule has 0 radical (unpaired) electrons. The van der Waals surface area contributed by atoms with Gasteiger partial charge in [0.15, 0.2) is 5.82 Å². The standard InChI is InChI=1S/C23H24N6OS/c1-2-18-24-21(28-27-18)17-12-29(10-11-30-17)22-19-16(14-6-4-3-5-7-14)13-31-23(19)26-20(25-22)15-8-9-15/h3-7,13,15,17H,2,8-12H2,1H3,(H,24,27,28). The summed E-state index contributed by atoms with van der Waals surface area (Å²) in [4.78, 5) is 18.1. The second kappa shape index (κ2) is 7.69. The topological polar surface area (TPSA) is 79.8 Å². The van der Waals surface area contributed by atoms with E-state index in [0.717, 1.165) is 46.5 Å². The molecule has 4 aromatic rings. The first-order valence-corrected chi connectivity index (χ1v) is 11.8. The molecule has 1 aromatic carbocycles. The average molecular weight is 433 g/mol. The van der Waals surface area contributed by atoms with Crippen molar-refractivity contribution in [2.24, 2.45) is 0 Å². The van der Waals surface area contributed by atoms with Gasteiger partial charge in [0.1, 0.15) is 28.4 Å². The van der Waals surface area contributed by atoms with Crippen LogP contribution in [0, 0.1) is 0 Å². The number of nitrogens with one attached hydrogen (secondary N) is 1. The Balaban J connectivity index is 1.43. The number of ether oxygens (including phenoxy) is 1. The van der Waals surface area contributed by atoms with Gasteiger partial charge in [-0.05, 0) is 18.4 Å². The van der Waals surface area contributed by atoms with Crippen molar-refractivity contribution in [1.82, 2.24) is 25.1 Å². The zero-order valence-electron chi connectivity index (χ0n) is 17.4. The Morgan fingerprint density at radius 2 is 2.00 bits per heavy atom. The first-order chi connectivity index (χ1) is 15.3. The first-order valence-electron chi connectivity index (χ1n) is 10.9. The summed E-state index contributed by atoms with van der Waals surface area (Å²) in [5.41, 5.74) is 2.40. The van der Waals surface area contributed by atoms with E-state index in [1.54, 1.807) is 11.3 Å². The van der Waals surface area contributed by atoms with Crippen molar-refractivity contribution >= 4 is 27.4 Å². The Morgan fingerprint density at radius 1 is 1.13 bits per heavy atom. The quantitative estimate of drug-likeness (QED) is 0.500. The van der Waals surface area contributed by atoms with E-state index in [0.29, 0.717) is 19.1 Å². The van der Waals surface area contributed by atoms with Gasteiger partial charge in [-0.2, -0.15) is 5.10 Å². The van der Waals surface area contributed by atoms with Gasteiger partial charge >= 0.3 is 0 Å². The van der Waals surface area contributed by atoms with Gasteiger partial charge in [-0.1, -0.05) is 37.3 Å². The summed E-state index contributed by atoms with van der Waals surface area (Å²) in [5.74, 6) is 4.12. The van der Waals surface area contributed by atoms with Crippen molar-refractivity contribution in [1.29, 1.82) is 0 Å². The third kappa shape index (κ3) is 3.49. The molecule has 1 N–H and O–H groups in total. The summed E-state index contributed by atoms with van der Waals surface area (Å²) in [6.45, 7) is 4.16. The molecule has 1 aliphatic heterocycles. The van der Waals surface area contributed by atoms with Gasteiger partial charge in [-0.25, -0.2) is 15.0 Å². The fraction of sp³-hybridized carbons (Fsp3) is 0.391. The number of hydrogen-bond donors (Lipinski definition) is 1. The molecule has 2 aliphatic rings. The van der Waals surface area contributed by atoms with Gasteiger partial charge in [0.2, 0.25) is 0 Å². The van der Waals surface area contributed by atoms with E-state index in [-0.39, 0.29) is 6.10 Å². The van der Waals surface area contributed by atoms with Crippen molar-refractivity contribution in [3.63, 3.8) is 0 Å². The van der Waals surface area contributed by atoms with Crippen LogP contribution in [0.4, 0.5) is 5.82 Å². The van der Waals surface area contributed by atoms with Crippen LogP contribution in [0.3, 0.4) is 0 Å². The molecule has 1 atom stereocenters. The Kier molecular flexibility index (Phi) is 4.69. The maximum absolute atomic E-state index is 6.04. The number of morpholine rings is 1. The summed E-state index contributed by atoms with van der Waals surface area (Å²) in [6, 6.07) is 10.5. The Hall–Kier alpha value is -2.84. The van der Waals surface area contributed by atoms with Crippen molar-refractivity contribution in [3.8, 4) is 11.1 Å². The van der Waals surface area contributed by atoms with Gasteiger partial charge in [-0.15, -0.1) is 11.3 Å². The lowest BCUT2D eigenvalue weighted by Crippen LogP contribution is -2.39. The summed E-state index contributed by atoms with van der Waals surface area (Å²) in [7, 11) is 0. The number of rotatable bonds is 5. The molecule has 0 spiro atoms. The molecular weight excluding hydrogens is 408 g/mol. The van der Waals surface area contributed by atoms with Crippen LogP contribution in [0.2, 0.25) is 0 Å². The summed E-state index contributed by atoms with van der Waals surface area (Å²) < 4.78 is 6.04. The molecule has 1 saturated carbocycles. The van der Waals surface area contributed by atoms with Crippen molar-refractivity contribution < 1.29 is 4.74 Å². The highest BCUT2D eigenvalue weighted by molar-refractivity contribution is 7.17. The second-order valence-electron chi connectivity index (χ2n) is 8.17. The van der Waals surface area contributed by atoms with E-state index in [1.807, 2.05) is 0 Å². The number of thiophene rings is 1. The van der Waals surface area contributed by atoms with Crippen LogP contribution in [0.1, 0.15) is 49.3 Å². The second-order valence-corrected chi connectivity index (χ2v) is 9.03. The molecule has 2 fully saturated rings. The lowest BCUT2D eigenvalue weighted by Gasteiger charge is -2.33. The molecule has 31 heavy (non-hydrogen) atoms. The monoisotopic (exact) mass is 432 g/mol. The lowest BCUT2D eigenvalue weighted by molar-refractivity contribution is 0.0340. The average Bonchev–Trinajstić information content (AvgIpc) is 3.41. The molecule has 7 nitrogen and oxygen atoms in total. The van der Waals surface area contributed by atoms with Crippen LogP contribution >= 0.6 is 11.3 Å². The SMILES string of the molecule is CCc1nc(C2CN(c3nc(C4CC4)nc4scc(-c5ccccc5)c34)CCO2)n[nH]1. The van der Waals surface area contributed by atoms with Gasteiger partial charge in [0, 0.05) is 29.8 Å². The van der Waals surface area contributed by atoms with E-state index < -0.39 is 0 Å². The van der Waals surface area contributed by atoms with Gasteiger partial charge < -0.3 is 9.64 Å². The molecule has 3 aromatic heterocycles. The normalized spacial score (nSPS) is 19.3. The van der Waals surface area contributed by atoms with Crippen LogP contribution in [0.5, 0.6) is 0 Å². The number of aromatic nitrogens is 5. The smallest absolute Gasteiger partial charge is 0.181 e. The molecule has 6 rings (SSSR count). The molecule has 158 valence electrons. The number of benzene rings is 1. The van der Waals surface area contributed by atoms with Crippen LogP contribution in [-0.2, 0) is 11.2 Å². The number of aryl methyl sites for hydroxylation is 1. The largest absolute Gasteiger partial charge is 0.366 e. The highest BCUT2D eigenvalue weighted by Crippen LogP contribution is 2.44. The predicted octanol–water partition coefficient (Wildman–Crippen LogP) is 4.49. The molecular formula is C23H24N6OS. The van der Waals surface area contributed by atoms with Crippen LogP contribution in [0.25, 0.3) is 21.3 Å². The minimum Gasteiger partial charge on any atom is -0.366 e. The third-order valence-electron chi connectivity index (χ3n) is 6.00. The summed E-state index contributed by atoms with van der Waals surface area (Å²) in [5, 5.41) is 10.8. The van der Waals surface area contributed by atoms with Crippen LogP contribution in [-0.4, -0.2) is 44.8 Å². The first kappa shape index (κ1) is 18.9. The summed E-state index contributed by atoms with van der Waals surface area (Å²) >= 11 is 1.71. The zero-order chi connectivity index (χ0) is 20.8. The van der Waals surface area contributed by atoms with E-state index in [4.69, 9.17) is 14.7 Å². The number of hydrogen-bond acceptors (Lipinski definition) is 7. The lowest BCUT2D eigenvalue weighted by atomic mass is 10.1. The Bertz CT molecular complexity index is 1220. The van der Waals surface area contributed by atoms with E-state index in [2.05, 4.69) is 62.7 Å². The fourth-order valence-electron chi connectivity index (χ4n) is 4.13. The van der Waals surface area contributed by atoms with E-state index in [9.17, 15) is 0 Å². The predicted molar refractivity (Wildman–Crippen MR) is 121 cm³/mol. The number of nitrogens with zero attached hydrogens (tertiary/aromatic N) is 5. The number of aromatic amines is 1. The van der Waals surface area contributed by atoms with Crippen molar-refractivity contribution in [2.45, 2.75) is 38.2 Å². The number of fused-ring (bicyclic) bond motifs is 1. The molecule has 1 saturated heterocycles. The minimum atomic E-state index is -0.168. The number of H-pyrrole nitrogens is 1. The maximum atomic E-state index is 6.04. The van der Waals surface area contributed by atoms with Gasteiger partial charge in [-0.3, -0.25) is 5.10 Å². The molecule has 0 bridgehead atoms. The molecule has 4 heterocycles. The zero-order valence-corrected chi connectivity index (χ0v) is 18.2. The fourth-order valence-corrected chi connectivity index (χ4v) is 5.08. The van der Waals surface area contributed by atoms with Gasteiger partial charge in [0.25, 0.3) is 0 Å². The van der Waals surface area contributed by atoms with Crippen LogP contribution in [0.15, 0.2) is 35.7 Å². The van der Waals surface area contributed by atoms with Crippen molar-refractivity contribution in [2.75, 3.05) is 24.6 Å². The van der Waals surface area contributed by atoms with Gasteiger partial charge in [0.05, 0.1) is 18.5 Å².